The molecule has 0 rings (SSSR count). The molecule has 0 aliphatic rings. The van der Waals surface area contributed by atoms with Crippen molar-refractivity contribution in [3.63, 3.8) is 0 Å². The first-order valence-electron chi connectivity index (χ1n) is 17.8. The predicted octanol–water partition coefficient (Wildman–Crippen LogP) is 14.0. The summed E-state index contributed by atoms with van der Waals surface area (Å²) in [6.07, 6.45) is 31.0. The zero-order valence-corrected chi connectivity index (χ0v) is 30.0. The van der Waals surface area contributed by atoms with Crippen LogP contribution in [0, 0.1) is 0 Å². The van der Waals surface area contributed by atoms with Gasteiger partial charge in [0.05, 0.1) is 16.8 Å². The van der Waals surface area contributed by atoms with E-state index in [1.165, 1.54) is 135 Å². The van der Waals surface area contributed by atoms with Gasteiger partial charge in [0.1, 0.15) is 0 Å². The molecule has 40 heavy (non-hydrogen) atoms. The van der Waals surface area contributed by atoms with E-state index in [-0.39, 0.29) is 16.8 Å². The summed E-state index contributed by atoms with van der Waals surface area (Å²) in [6, 6.07) is 0. The highest BCUT2D eigenvalue weighted by Crippen LogP contribution is 2.52. The zero-order valence-electron chi connectivity index (χ0n) is 29.1. The molecular formula is C36H75O3P. The molecule has 0 aromatic heterocycles. The van der Waals surface area contributed by atoms with Crippen molar-refractivity contribution in [1.82, 2.24) is 0 Å². The molecule has 0 unspecified atom stereocenters. The lowest BCUT2D eigenvalue weighted by Crippen LogP contribution is -2.31. The summed E-state index contributed by atoms with van der Waals surface area (Å²) in [5.74, 6) is 0. The Morgan fingerprint density at radius 3 is 0.750 bits per heavy atom. The molecule has 0 atom stereocenters. The molecular weight excluding hydrogens is 511 g/mol. The first-order chi connectivity index (χ1) is 19.0. The average molecular weight is 587 g/mol. The van der Waals surface area contributed by atoms with Crippen molar-refractivity contribution in [1.29, 1.82) is 0 Å². The van der Waals surface area contributed by atoms with Crippen molar-refractivity contribution < 1.29 is 13.6 Å². The summed E-state index contributed by atoms with van der Waals surface area (Å²) < 4.78 is 20.2. The Bertz CT molecular complexity index is 470. The summed E-state index contributed by atoms with van der Waals surface area (Å²) >= 11 is 0. The van der Waals surface area contributed by atoms with Crippen molar-refractivity contribution in [3.8, 4) is 0 Å². The molecule has 0 fully saturated rings. The highest BCUT2D eigenvalue weighted by molar-refractivity contribution is 7.41. The second-order valence-corrected chi connectivity index (χ2v) is 15.4. The lowest BCUT2D eigenvalue weighted by atomic mass is 9.99. The lowest BCUT2D eigenvalue weighted by Gasteiger charge is -2.38. The van der Waals surface area contributed by atoms with Crippen LogP contribution in [-0.2, 0) is 13.6 Å². The van der Waals surface area contributed by atoms with E-state index in [2.05, 4.69) is 62.3 Å². The Balaban J connectivity index is 4.90. The number of unbranched alkanes of at least 4 members (excludes halogenated alkanes) is 18. The fraction of sp³-hybridized carbons (Fsp3) is 1.00. The van der Waals surface area contributed by atoms with Crippen LogP contribution < -0.4 is 0 Å². The Labute approximate surface area is 255 Å². The lowest BCUT2D eigenvalue weighted by molar-refractivity contribution is -0.0228. The number of hydrogen-bond donors (Lipinski definition) is 0. The summed E-state index contributed by atoms with van der Waals surface area (Å²) in [5, 5.41) is 0. The predicted molar refractivity (Wildman–Crippen MR) is 180 cm³/mol. The standard InChI is InChI=1S/C36H75O3P/c1-10-13-16-19-22-25-28-31-34(4,5)37-40(38-35(6,7)32-29-26-23-20-17-14-11-2)39-36(8,9)33-30-27-24-21-18-15-12-3/h10-33H2,1-9H3. The summed E-state index contributed by atoms with van der Waals surface area (Å²) in [5.41, 5.74) is -0.709. The van der Waals surface area contributed by atoms with Crippen molar-refractivity contribution in [2.24, 2.45) is 0 Å². The van der Waals surface area contributed by atoms with Gasteiger partial charge >= 0.3 is 8.60 Å². The van der Waals surface area contributed by atoms with Crippen LogP contribution in [0.15, 0.2) is 0 Å². The molecule has 0 aromatic rings. The molecule has 0 aliphatic carbocycles. The molecule has 242 valence electrons. The largest absolute Gasteiger partial charge is 0.334 e. The maximum atomic E-state index is 6.72. The monoisotopic (exact) mass is 587 g/mol. The van der Waals surface area contributed by atoms with Gasteiger partial charge in [-0.15, -0.1) is 0 Å². The van der Waals surface area contributed by atoms with Gasteiger partial charge in [0, 0.05) is 0 Å². The highest BCUT2D eigenvalue weighted by Gasteiger charge is 2.35. The first kappa shape index (κ1) is 40.3. The SMILES string of the molecule is CCCCCCCCCC(C)(C)OP(OC(C)(C)CCCCCCCCC)OC(C)(C)CCCCCCCCC. The third-order valence-electron chi connectivity index (χ3n) is 8.11. The second-order valence-electron chi connectivity index (χ2n) is 14.4. The smallest absolute Gasteiger partial charge is 0.306 e. The minimum Gasteiger partial charge on any atom is -0.306 e. The van der Waals surface area contributed by atoms with Crippen LogP contribution in [0.1, 0.15) is 216 Å². The minimum atomic E-state index is -1.42. The van der Waals surface area contributed by atoms with E-state index >= 15 is 0 Å². The molecule has 4 heteroatoms. The Kier molecular flexibility index (Phi) is 24.9. The van der Waals surface area contributed by atoms with Gasteiger partial charge in [0.2, 0.25) is 0 Å². The van der Waals surface area contributed by atoms with Gasteiger partial charge in [-0.3, -0.25) is 0 Å². The van der Waals surface area contributed by atoms with Crippen LogP contribution in [-0.4, -0.2) is 16.8 Å². The average Bonchev–Trinajstić information content (AvgIpc) is 2.86. The van der Waals surface area contributed by atoms with Crippen molar-refractivity contribution in [2.75, 3.05) is 0 Å². The summed E-state index contributed by atoms with van der Waals surface area (Å²) in [7, 11) is -1.42. The van der Waals surface area contributed by atoms with Gasteiger partial charge in [-0.1, -0.05) is 156 Å². The van der Waals surface area contributed by atoms with E-state index in [1.54, 1.807) is 0 Å². The first-order valence-corrected chi connectivity index (χ1v) is 18.9. The van der Waals surface area contributed by atoms with Crippen LogP contribution in [0.25, 0.3) is 0 Å². The molecule has 0 N–H and O–H groups in total. The number of rotatable bonds is 30. The van der Waals surface area contributed by atoms with Gasteiger partial charge < -0.3 is 13.6 Å². The summed E-state index contributed by atoms with van der Waals surface area (Å²) in [4.78, 5) is 0. The molecule has 3 nitrogen and oxygen atoms in total. The Morgan fingerprint density at radius 1 is 0.325 bits per heavy atom. The molecule has 0 saturated carbocycles. The fourth-order valence-corrected chi connectivity index (χ4v) is 6.92. The van der Waals surface area contributed by atoms with Gasteiger partial charge in [0.15, 0.2) is 0 Å². The molecule has 0 bridgehead atoms. The quantitative estimate of drug-likeness (QED) is 0.0619. The van der Waals surface area contributed by atoms with Gasteiger partial charge in [0.25, 0.3) is 0 Å². The fourth-order valence-electron chi connectivity index (χ4n) is 5.32. The second kappa shape index (κ2) is 24.7. The summed E-state index contributed by atoms with van der Waals surface area (Å²) in [6.45, 7) is 20.3. The van der Waals surface area contributed by atoms with E-state index < -0.39 is 8.60 Å². The van der Waals surface area contributed by atoms with Crippen LogP contribution in [0.3, 0.4) is 0 Å². The number of hydrogen-bond acceptors (Lipinski definition) is 3. The Hall–Kier alpha value is 0.310. The Morgan fingerprint density at radius 2 is 0.525 bits per heavy atom. The third kappa shape index (κ3) is 26.0. The van der Waals surface area contributed by atoms with Crippen LogP contribution in [0.4, 0.5) is 0 Å². The van der Waals surface area contributed by atoms with E-state index in [0.29, 0.717) is 0 Å². The van der Waals surface area contributed by atoms with Crippen LogP contribution in [0.5, 0.6) is 0 Å². The highest BCUT2D eigenvalue weighted by atomic mass is 31.2. The van der Waals surface area contributed by atoms with E-state index in [0.717, 1.165) is 19.3 Å². The molecule has 0 aliphatic heterocycles. The normalized spacial score (nSPS) is 13.1. The topological polar surface area (TPSA) is 27.7 Å². The molecule has 0 spiro atoms. The third-order valence-corrected chi connectivity index (χ3v) is 10.0. The van der Waals surface area contributed by atoms with E-state index in [1.807, 2.05) is 0 Å². The molecule has 0 heterocycles. The van der Waals surface area contributed by atoms with Gasteiger partial charge in [-0.05, 0) is 60.8 Å². The van der Waals surface area contributed by atoms with Gasteiger partial charge in [-0.2, -0.15) is 0 Å². The molecule has 0 saturated heterocycles. The van der Waals surface area contributed by atoms with Crippen molar-refractivity contribution in [3.05, 3.63) is 0 Å². The van der Waals surface area contributed by atoms with E-state index in [4.69, 9.17) is 13.6 Å². The maximum absolute atomic E-state index is 6.72. The van der Waals surface area contributed by atoms with Gasteiger partial charge in [-0.25, -0.2) is 0 Å². The molecule has 0 aromatic carbocycles. The maximum Gasteiger partial charge on any atom is 0.334 e. The van der Waals surface area contributed by atoms with Crippen molar-refractivity contribution >= 4 is 8.60 Å². The molecule has 0 radical (unpaired) electrons. The van der Waals surface area contributed by atoms with Crippen LogP contribution in [0.2, 0.25) is 0 Å². The van der Waals surface area contributed by atoms with Crippen molar-refractivity contribution in [2.45, 2.75) is 233 Å². The minimum absolute atomic E-state index is 0.236. The van der Waals surface area contributed by atoms with E-state index in [9.17, 15) is 0 Å². The van der Waals surface area contributed by atoms with Crippen LogP contribution >= 0.6 is 8.60 Å². The molecule has 0 amide bonds. The zero-order chi connectivity index (χ0) is 30.2.